The summed E-state index contributed by atoms with van der Waals surface area (Å²) in [5.74, 6) is -2.29. The lowest BCUT2D eigenvalue weighted by Gasteiger charge is -2.34. The van der Waals surface area contributed by atoms with E-state index < -0.39 is 34.8 Å². The molecule has 4 amide bonds. The molecule has 2 aliphatic heterocycles. The number of carbonyl (C=O) groups excluding carboxylic acids is 4. The van der Waals surface area contributed by atoms with Crippen molar-refractivity contribution < 1.29 is 23.9 Å². The van der Waals surface area contributed by atoms with Gasteiger partial charge in [-0.05, 0) is 51.8 Å². The lowest BCUT2D eigenvalue weighted by Crippen LogP contribution is -2.51. The molecule has 0 saturated carbocycles. The van der Waals surface area contributed by atoms with Gasteiger partial charge in [0.25, 0.3) is 5.91 Å². The minimum atomic E-state index is -1.52. The van der Waals surface area contributed by atoms with E-state index in [1.54, 1.807) is 83.1 Å². The number of fused-ring (bicyclic) bond motifs is 1. The number of hydrogen-bond acceptors (Lipinski definition) is 5. The highest BCUT2D eigenvalue weighted by atomic mass is 16.6. The third-order valence-electron chi connectivity index (χ3n) is 6.14. The second-order valence-corrected chi connectivity index (χ2v) is 9.76. The van der Waals surface area contributed by atoms with Crippen LogP contribution in [0.5, 0.6) is 0 Å². The number of likely N-dealkylation sites (tertiary alicyclic amines) is 1. The molecule has 33 heavy (non-hydrogen) atoms. The number of para-hydroxylation sites is 1. The third kappa shape index (κ3) is 3.43. The zero-order valence-electron chi connectivity index (χ0n) is 19.5. The summed E-state index contributed by atoms with van der Waals surface area (Å²) in [5.41, 5.74) is -0.902. The summed E-state index contributed by atoms with van der Waals surface area (Å²) in [7, 11) is 0. The van der Waals surface area contributed by atoms with Gasteiger partial charge in [0.05, 0.1) is 11.6 Å². The zero-order chi connectivity index (χ0) is 24.1. The summed E-state index contributed by atoms with van der Waals surface area (Å²) in [6, 6.07) is 15.5. The molecular formula is C26H28N2O5. The average Bonchev–Trinajstić information content (AvgIpc) is 3.18. The van der Waals surface area contributed by atoms with Crippen LogP contribution in [-0.2, 0) is 24.5 Å². The van der Waals surface area contributed by atoms with Crippen LogP contribution in [-0.4, -0.2) is 40.4 Å². The number of rotatable bonds is 3. The molecular weight excluding hydrogens is 420 g/mol. The summed E-state index contributed by atoms with van der Waals surface area (Å²) in [5, 5.41) is 0. The van der Waals surface area contributed by atoms with Crippen LogP contribution in [0.3, 0.4) is 0 Å². The van der Waals surface area contributed by atoms with Gasteiger partial charge >= 0.3 is 6.09 Å². The van der Waals surface area contributed by atoms with Crippen LogP contribution in [0.15, 0.2) is 54.6 Å². The van der Waals surface area contributed by atoms with Crippen LogP contribution in [0, 0.1) is 5.92 Å². The molecule has 2 heterocycles. The molecule has 0 spiro atoms. The highest BCUT2D eigenvalue weighted by molar-refractivity contribution is 6.24. The van der Waals surface area contributed by atoms with Gasteiger partial charge in [0.1, 0.15) is 11.0 Å². The third-order valence-corrected chi connectivity index (χ3v) is 6.14. The van der Waals surface area contributed by atoms with Gasteiger partial charge in [-0.1, -0.05) is 48.5 Å². The zero-order valence-corrected chi connectivity index (χ0v) is 19.5. The van der Waals surface area contributed by atoms with Crippen molar-refractivity contribution in [3.05, 3.63) is 65.7 Å². The lowest BCUT2D eigenvalue weighted by molar-refractivity contribution is -0.143. The van der Waals surface area contributed by atoms with E-state index in [9.17, 15) is 19.2 Å². The smallest absolute Gasteiger partial charge is 0.421 e. The van der Waals surface area contributed by atoms with Crippen LogP contribution < -0.4 is 4.90 Å². The number of benzene rings is 2. The molecule has 7 nitrogen and oxygen atoms in total. The molecule has 0 aliphatic carbocycles. The van der Waals surface area contributed by atoms with Crippen molar-refractivity contribution in [2.45, 2.75) is 58.1 Å². The van der Waals surface area contributed by atoms with E-state index in [1.165, 1.54) is 4.90 Å². The van der Waals surface area contributed by atoms with E-state index in [-0.39, 0.29) is 18.4 Å². The second kappa shape index (κ2) is 7.83. The molecule has 4 rings (SSSR count). The molecule has 0 aromatic heterocycles. The quantitative estimate of drug-likeness (QED) is 0.662. The summed E-state index contributed by atoms with van der Waals surface area (Å²) in [6.07, 6.45) is -0.927. The molecule has 2 atom stereocenters. The van der Waals surface area contributed by atoms with Gasteiger partial charge in [-0.2, -0.15) is 0 Å². The fraction of sp³-hybridized carbons (Fsp3) is 0.385. The number of hydrogen-bond donors (Lipinski definition) is 0. The topological polar surface area (TPSA) is 84.0 Å². The summed E-state index contributed by atoms with van der Waals surface area (Å²) in [4.78, 5) is 56.2. The van der Waals surface area contributed by atoms with E-state index in [4.69, 9.17) is 4.74 Å². The van der Waals surface area contributed by atoms with Crippen LogP contribution in [0.2, 0.25) is 0 Å². The van der Waals surface area contributed by atoms with E-state index >= 15 is 0 Å². The van der Waals surface area contributed by atoms with E-state index in [1.807, 2.05) is 6.07 Å². The predicted molar refractivity (Wildman–Crippen MR) is 122 cm³/mol. The Morgan fingerprint density at radius 3 is 2.18 bits per heavy atom. The first kappa shape index (κ1) is 22.7. The number of ether oxygens (including phenoxy) is 1. The number of carbonyl (C=O) groups is 4. The number of amides is 4. The monoisotopic (exact) mass is 448 g/mol. The predicted octanol–water partition coefficient (Wildman–Crippen LogP) is 4.04. The van der Waals surface area contributed by atoms with Crippen molar-refractivity contribution in [3.63, 3.8) is 0 Å². The molecule has 1 saturated heterocycles. The Morgan fingerprint density at radius 1 is 1.00 bits per heavy atom. The van der Waals surface area contributed by atoms with Crippen molar-refractivity contribution in [1.82, 2.24) is 4.90 Å². The standard InChI is InChI=1S/C26H28N2O5/c1-16(2)27-21(29)15-19(22(27)30)26(17-11-7-6-8-12-17)18-13-9-10-14-20(18)28(23(26)31)24(32)33-25(3,4)5/h6-14,16,19H,15H2,1-5H3/t19-,26?/m1/s1. The summed E-state index contributed by atoms with van der Waals surface area (Å²) >= 11 is 0. The van der Waals surface area contributed by atoms with Gasteiger partial charge in [0, 0.05) is 12.5 Å². The van der Waals surface area contributed by atoms with Crippen molar-refractivity contribution in [1.29, 1.82) is 0 Å². The van der Waals surface area contributed by atoms with Gasteiger partial charge in [0.2, 0.25) is 11.8 Å². The number of nitrogens with zero attached hydrogens (tertiary/aromatic N) is 2. The first-order valence-corrected chi connectivity index (χ1v) is 11.1. The summed E-state index contributed by atoms with van der Waals surface area (Å²) in [6.45, 7) is 8.71. The van der Waals surface area contributed by atoms with E-state index in [0.29, 0.717) is 16.8 Å². The van der Waals surface area contributed by atoms with Crippen molar-refractivity contribution >= 4 is 29.5 Å². The average molecular weight is 449 g/mol. The largest absolute Gasteiger partial charge is 0.443 e. The maximum absolute atomic E-state index is 14.3. The van der Waals surface area contributed by atoms with Gasteiger partial charge in [0.15, 0.2) is 0 Å². The fourth-order valence-corrected chi connectivity index (χ4v) is 4.94. The molecule has 2 aromatic rings. The van der Waals surface area contributed by atoms with Gasteiger partial charge in [-0.25, -0.2) is 9.69 Å². The number of anilines is 1. The Morgan fingerprint density at radius 2 is 1.61 bits per heavy atom. The highest BCUT2D eigenvalue weighted by Crippen LogP contribution is 2.53. The Hall–Kier alpha value is -3.48. The normalized spacial score (nSPS) is 22.8. The maximum Gasteiger partial charge on any atom is 0.421 e. The molecule has 0 N–H and O–H groups in total. The molecule has 0 radical (unpaired) electrons. The first-order valence-electron chi connectivity index (χ1n) is 11.1. The molecule has 1 unspecified atom stereocenters. The second-order valence-electron chi connectivity index (χ2n) is 9.76. The highest BCUT2D eigenvalue weighted by Gasteiger charge is 2.64. The molecule has 0 bridgehead atoms. The molecule has 1 fully saturated rings. The van der Waals surface area contributed by atoms with Crippen LogP contribution >= 0.6 is 0 Å². The van der Waals surface area contributed by atoms with E-state index in [0.717, 1.165) is 4.90 Å². The Kier molecular flexibility index (Phi) is 5.39. The minimum absolute atomic E-state index is 0.117. The van der Waals surface area contributed by atoms with Gasteiger partial charge in [-0.15, -0.1) is 0 Å². The maximum atomic E-state index is 14.3. The molecule has 2 aromatic carbocycles. The van der Waals surface area contributed by atoms with Crippen LogP contribution in [0.4, 0.5) is 10.5 Å². The molecule has 7 heteroatoms. The minimum Gasteiger partial charge on any atom is -0.443 e. The Balaban J connectivity index is 1.97. The Bertz CT molecular complexity index is 1130. The lowest BCUT2D eigenvalue weighted by atomic mass is 9.65. The fourth-order valence-electron chi connectivity index (χ4n) is 4.94. The molecule has 2 aliphatic rings. The van der Waals surface area contributed by atoms with Crippen LogP contribution in [0.25, 0.3) is 0 Å². The van der Waals surface area contributed by atoms with E-state index in [2.05, 4.69) is 0 Å². The van der Waals surface area contributed by atoms with Crippen molar-refractivity contribution in [2.24, 2.45) is 5.92 Å². The number of imide groups is 2. The van der Waals surface area contributed by atoms with Crippen molar-refractivity contribution in [3.8, 4) is 0 Å². The SMILES string of the molecule is CC(C)N1C(=O)C[C@@H](C2(c3ccccc3)C(=O)N(C(=O)OC(C)(C)C)c3ccccc32)C1=O. The summed E-state index contributed by atoms with van der Waals surface area (Å²) < 4.78 is 5.55. The van der Waals surface area contributed by atoms with Gasteiger partial charge in [-0.3, -0.25) is 19.3 Å². The Labute approximate surface area is 193 Å². The molecule has 172 valence electrons. The van der Waals surface area contributed by atoms with Crippen LogP contribution in [0.1, 0.15) is 52.2 Å². The first-order chi connectivity index (χ1) is 15.5. The van der Waals surface area contributed by atoms with Crippen molar-refractivity contribution in [2.75, 3.05) is 4.90 Å². The van der Waals surface area contributed by atoms with Gasteiger partial charge < -0.3 is 4.74 Å².